The number of amides is 1. The number of anilines is 1. The fourth-order valence-corrected chi connectivity index (χ4v) is 7.52. The Bertz CT molecular complexity index is 1030. The Kier molecular flexibility index (Phi) is 5.65. The van der Waals surface area contributed by atoms with E-state index in [1.165, 1.54) is 17.4 Å². The standard InChI is InChI=1S/C16H19N3O5S3/c1-12(20)18-16-17-11-15(25-16)27(23,24)19-8-7-14(26(21,22)10-9-19)13-5-3-2-4-6-13/h2-6,11,14H,7-10H2,1H3,(H,17,18,20)/t14-/m1/s1. The highest BCUT2D eigenvalue weighted by Gasteiger charge is 2.36. The minimum Gasteiger partial charge on any atom is -0.302 e. The maximum Gasteiger partial charge on any atom is 0.254 e. The van der Waals surface area contributed by atoms with Crippen molar-refractivity contribution in [3.63, 3.8) is 0 Å². The van der Waals surface area contributed by atoms with E-state index in [-0.39, 0.29) is 40.5 Å². The van der Waals surface area contributed by atoms with Gasteiger partial charge in [-0.05, 0) is 12.0 Å². The number of nitrogens with zero attached hydrogens (tertiary/aromatic N) is 2. The van der Waals surface area contributed by atoms with Crippen LogP contribution in [-0.2, 0) is 24.7 Å². The number of hydrogen-bond acceptors (Lipinski definition) is 7. The second-order valence-electron chi connectivity index (χ2n) is 6.12. The summed E-state index contributed by atoms with van der Waals surface area (Å²) >= 11 is 0.844. The lowest BCUT2D eigenvalue weighted by Crippen LogP contribution is -2.33. The molecular weight excluding hydrogens is 410 g/mol. The molecule has 1 aromatic heterocycles. The van der Waals surface area contributed by atoms with E-state index in [2.05, 4.69) is 10.3 Å². The van der Waals surface area contributed by atoms with Gasteiger partial charge >= 0.3 is 0 Å². The smallest absolute Gasteiger partial charge is 0.254 e. The second-order valence-corrected chi connectivity index (χ2v) is 11.6. The van der Waals surface area contributed by atoms with Gasteiger partial charge in [-0.15, -0.1) is 0 Å². The van der Waals surface area contributed by atoms with Crippen LogP contribution in [-0.4, -0.2) is 50.9 Å². The van der Waals surface area contributed by atoms with Crippen molar-refractivity contribution in [2.75, 3.05) is 24.2 Å². The molecule has 1 aliphatic heterocycles. The van der Waals surface area contributed by atoms with Gasteiger partial charge in [-0.2, -0.15) is 4.31 Å². The maximum absolute atomic E-state index is 12.9. The van der Waals surface area contributed by atoms with Gasteiger partial charge < -0.3 is 5.32 Å². The van der Waals surface area contributed by atoms with Gasteiger partial charge in [0.05, 0.1) is 17.2 Å². The predicted molar refractivity (Wildman–Crippen MR) is 103 cm³/mol. The SMILES string of the molecule is CC(=O)Nc1ncc(S(=O)(=O)N2CC[C@H](c3ccccc3)S(=O)(=O)CC2)s1. The maximum atomic E-state index is 12.9. The Morgan fingerprint density at radius 2 is 1.96 bits per heavy atom. The molecule has 146 valence electrons. The average Bonchev–Trinajstić information content (AvgIpc) is 3.00. The van der Waals surface area contributed by atoms with Crippen LogP contribution < -0.4 is 5.32 Å². The number of aromatic nitrogens is 1. The third-order valence-electron chi connectivity index (χ3n) is 4.23. The van der Waals surface area contributed by atoms with Crippen LogP contribution in [0.15, 0.2) is 40.7 Å². The first-order chi connectivity index (χ1) is 12.7. The highest BCUT2D eigenvalue weighted by atomic mass is 32.2. The molecule has 1 saturated heterocycles. The number of thiazole rings is 1. The van der Waals surface area contributed by atoms with Crippen molar-refractivity contribution in [1.29, 1.82) is 0 Å². The van der Waals surface area contributed by atoms with Crippen molar-refractivity contribution in [2.45, 2.75) is 22.8 Å². The largest absolute Gasteiger partial charge is 0.302 e. The van der Waals surface area contributed by atoms with E-state index in [0.29, 0.717) is 5.56 Å². The number of benzene rings is 1. The molecule has 8 nitrogen and oxygen atoms in total. The van der Waals surface area contributed by atoms with Gasteiger partial charge in [0, 0.05) is 20.0 Å². The van der Waals surface area contributed by atoms with E-state index in [1.807, 2.05) is 0 Å². The fraction of sp³-hybridized carbons (Fsp3) is 0.375. The van der Waals surface area contributed by atoms with Gasteiger partial charge in [0.15, 0.2) is 19.2 Å². The molecule has 1 N–H and O–H groups in total. The number of sulfonamides is 1. The molecule has 2 aromatic rings. The number of carbonyl (C=O) groups excluding carboxylic acids is 1. The van der Waals surface area contributed by atoms with Crippen molar-refractivity contribution in [3.8, 4) is 0 Å². The van der Waals surface area contributed by atoms with Gasteiger partial charge in [-0.3, -0.25) is 4.79 Å². The molecule has 1 atom stereocenters. The second kappa shape index (κ2) is 7.66. The highest BCUT2D eigenvalue weighted by Crippen LogP contribution is 2.32. The average molecular weight is 430 g/mol. The zero-order chi connectivity index (χ0) is 19.7. The highest BCUT2D eigenvalue weighted by molar-refractivity contribution is 7.92. The number of rotatable bonds is 4. The molecule has 3 rings (SSSR count). The molecule has 11 heteroatoms. The molecule has 2 heterocycles. The Morgan fingerprint density at radius 3 is 2.63 bits per heavy atom. The fourth-order valence-electron chi connectivity index (χ4n) is 2.92. The summed E-state index contributed by atoms with van der Waals surface area (Å²) in [5.74, 6) is -0.594. The third kappa shape index (κ3) is 4.37. The molecule has 0 saturated carbocycles. The van der Waals surface area contributed by atoms with Crippen molar-refractivity contribution in [2.24, 2.45) is 0 Å². The summed E-state index contributed by atoms with van der Waals surface area (Å²) in [6, 6.07) is 8.83. The predicted octanol–water partition coefficient (Wildman–Crippen LogP) is 1.65. The third-order valence-corrected chi connectivity index (χ3v) is 9.61. The quantitative estimate of drug-likeness (QED) is 0.791. The van der Waals surface area contributed by atoms with Crippen molar-refractivity contribution in [3.05, 3.63) is 42.1 Å². The minimum absolute atomic E-state index is 0.0261. The van der Waals surface area contributed by atoms with Crippen LogP contribution in [0.4, 0.5) is 5.13 Å². The van der Waals surface area contributed by atoms with Crippen LogP contribution in [0.2, 0.25) is 0 Å². The molecular formula is C16H19N3O5S3. The molecule has 1 fully saturated rings. The summed E-state index contributed by atoms with van der Waals surface area (Å²) in [6.45, 7) is 1.29. The molecule has 0 spiro atoms. The Hall–Kier alpha value is -1.82. The summed E-state index contributed by atoms with van der Waals surface area (Å²) in [5.41, 5.74) is 0.669. The first-order valence-electron chi connectivity index (χ1n) is 8.20. The summed E-state index contributed by atoms with van der Waals surface area (Å²) in [4.78, 5) is 15.0. The topological polar surface area (TPSA) is 114 Å². The summed E-state index contributed by atoms with van der Waals surface area (Å²) in [7, 11) is -7.36. The summed E-state index contributed by atoms with van der Waals surface area (Å²) in [6.07, 6.45) is 1.36. The van der Waals surface area contributed by atoms with Crippen LogP contribution in [0.25, 0.3) is 0 Å². The molecule has 0 aliphatic carbocycles. The van der Waals surface area contributed by atoms with E-state index < -0.39 is 25.1 Å². The van der Waals surface area contributed by atoms with Crippen molar-refractivity contribution < 1.29 is 21.6 Å². The van der Waals surface area contributed by atoms with Crippen molar-refractivity contribution >= 4 is 42.2 Å². The van der Waals surface area contributed by atoms with Gasteiger partial charge in [-0.25, -0.2) is 21.8 Å². The van der Waals surface area contributed by atoms with Gasteiger partial charge in [0.2, 0.25) is 5.91 Å². The number of hydrogen-bond donors (Lipinski definition) is 1. The number of nitrogens with one attached hydrogen (secondary N) is 1. The first-order valence-corrected chi connectivity index (χ1v) is 12.2. The normalized spacial score (nSPS) is 20.7. The Labute approximate surface area is 162 Å². The van der Waals surface area contributed by atoms with Gasteiger partial charge in [0.1, 0.15) is 0 Å². The first kappa shape index (κ1) is 19.9. The van der Waals surface area contributed by atoms with E-state index in [4.69, 9.17) is 0 Å². The van der Waals surface area contributed by atoms with E-state index in [1.54, 1.807) is 30.3 Å². The molecule has 1 aliphatic rings. The molecule has 1 aromatic carbocycles. The van der Waals surface area contributed by atoms with Crippen LogP contribution in [0.3, 0.4) is 0 Å². The van der Waals surface area contributed by atoms with Crippen LogP contribution in [0, 0.1) is 0 Å². The van der Waals surface area contributed by atoms with Crippen LogP contribution >= 0.6 is 11.3 Å². The van der Waals surface area contributed by atoms with E-state index >= 15 is 0 Å². The van der Waals surface area contributed by atoms with Crippen LogP contribution in [0.5, 0.6) is 0 Å². The summed E-state index contributed by atoms with van der Waals surface area (Å²) < 4.78 is 52.2. The monoisotopic (exact) mass is 429 g/mol. The lowest BCUT2D eigenvalue weighted by Gasteiger charge is -2.18. The van der Waals surface area contributed by atoms with E-state index in [0.717, 1.165) is 11.3 Å². The molecule has 27 heavy (non-hydrogen) atoms. The molecule has 0 bridgehead atoms. The Morgan fingerprint density at radius 1 is 1.26 bits per heavy atom. The lowest BCUT2D eigenvalue weighted by atomic mass is 10.1. The summed E-state index contributed by atoms with van der Waals surface area (Å²) in [5, 5.41) is 1.90. The zero-order valence-electron chi connectivity index (χ0n) is 14.5. The van der Waals surface area contributed by atoms with Crippen molar-refractivity contribution in [1.82, 2.24) is 9.29 Å². The number of carbonyl (C=O) groups is 1. The van der Waals surface area contributed by atoms with Gasteiger partial charge in [0.25, 0.3) is 10.0 Å². The number of sulfone groups is 1. The van der Waals surface area contributed by atoms with E-state index in [9.17, 15) is 21.6 Å². The minimum atomic E-state index is -3.88. The molecule has 1 amide bonds. The Balaban J connectivity index is 1.84. The lowest BCUT2D eigenvalue weighted by molar-refractivity contribution is -0.114. The molecule has 0 radical (unpaired) electrons. The van der Waals surface area contributed by atoms with Crippen LogP contribution in [0.1, 0.15) is 24.2 Å². The van der Waals surface area contributed by atoms with Gasteiger partial charge in [-0.1, -0.05) is 41.7 Å². The zero-order valence-corrected chi connectivity index (χ0v) is 17.0. The molecule has 0 unspecified atom stereocenters.